The molecule has 2 amide bonds. The second kappa shape index (κ2) is 10.1. The normalized spacial score (nSPS) is 12.7. The summed E-state index contributed by atoms with van der Waals surface area (Å²) in [6.07, 6.45) is 0.640. The summed E-state index contributed by atoms with van der Waals surface area (Å²) in [7, 11) is -2.50. The van der Waals surface area contributed by atoms with Crippen LogP contribution < -0.4 is 24.8 Å². The van der Waals surface area contributed by atoms with Gasteiger partial charge in [0.1, 0.15) is 11.5 Å². The molecule has 3 N–H and O–H groups in total. The second-order valence-electron chi connectivity index (χ2n) is 7.83. The van der Waals surface area contributed by atoms with Crippen LogP contribution in [0.25, 0.3) is 0 Å². The Hall–Kier alpha value is -4.05. The van der Waals surface area contributed by atoms with E-state index < -0.39 is 21.8 Å². The average molecular weight is 496 g/mol. The number of benzene rings is 3. The summed E-state index contributed by atoms with van der Waals surface area (Å²) in [5.41, 5.74) is 7.14. The Bertz CT molecular complexity index is 1370. The number of methoxy groups -OCH3 is 1. The lowest BCUT2D eigenvalue weighted by Gasteiger charge is -2.20. The molecular weight excluding hydrogens is 470 g/mol. The van der Waals surface area contributed by atoms with Crippen LogP contribution in [0.15, 0.2) is 71.6 Å². The van der Waals surface area contributed by atoms with E-state index in [2.05, 4.69) is 5.32 Å². The van der Waals surface area contributed by atoms with Crippen LogP contribution >= 0.6 is 0 Å². The summed E-state index contributed by atoms with van der Waals surface area (Å²) in [5, 5.41) is 2.73. The number of anilines is 2. The van der Waals surface area contributed by atoms with Crippen LogP contribution in [0.5, 0.6) is 11.5 Å². The lowest BCUT2D eigenvalue weighted by atomic mass is 10.1. The van der Waals surface area contributed by atoms with Crippen molar-refractivity contribution in [2.24, 2.45) is 5.73 Å². The maximum absolute atomic E-state index is 13.5. The Morgan fingerprint density at radius 1 is 1.03 bits per heavy atom. The molecule has 3 aromatic rings. The minimum atomic E-state index is -3.90. The van der Waals surface area contributed by atoms with E-state index in [0.717, 1.165) is 5.56 Å². The molecule has 3 aromatic carbocycles. The first-order valence-electron chi connectivity index (χ1n) is 10.9. The zero-order valence-electron chi connectivity index (χ0n) is 19.1. The van der Waals surface area contributed by atoms with Crippen molar-refractivity contribution in [1.29, 1.82) is 0 Å². The zero-order chi connectivity index (χ0) is 25.0. The van der Waals surface area contributed by atoms with Gasteiger partial charge in [-0.15, -0.1) is 0 Å². The minimum Gasteiger partial charge on any atom is -0.496 e. The molecule has 0 saturated carbocycles. The fourth-order valence-electron chi connectivity index (χ4n) is 3.86. The van der Waals surface area contributed by atoms with Gasteiger partial charge in [0.15, 0.2) is 0 Å². The van der Waals surface area contributed by atoms with E-state index in [1.807, 2.05) is 12.1 Å². The number of nitrogens with one attached hydrogen (secondary N) is 1. The van der Waals surface area contributed by atoms with Crippen molar-refractivity contribution >= 4 is 33.2 Å². The van der Waals surface area contributed by atoms with Crippen LogP contribution in [0.2, 0.25) is 0 Å². The minimum absolute atomic E-state index is 0.0221. The standard InChI is InChI=1S/C25H25N3O6S/c1-33-22-11-10-18(35(31,32)28-14-12-17-6-2-4-8-21(17)28)16-19(22)25(30)27-20-7-3-5-9-23(20)34-15-13-24(26)29/h2-11,16H,12-15H2,1H3,(H2,26,29)(H,27,30). The van der Waals surface area contributed by atoms with Crippen molar-refractivity contribution in [1.82, 2.24) is 0 Å². The van der Waals surface area contributed by atoms with Crippen molar-refractivity contribution in [3.63, 3.8) is 0 Å². The lowest BCUT2D eigenvalue weighted by molar-refractivity contribution is -0.118. The average Bonchev–Trinajstić information content (AvgIpc) is 3.29. The van der Waals surface area contributed by atoms with E-state index in [9.17, 15) is 18.0 Å². The first-order chi connectivity index (χ1) is 16.8. The number of ether oxygens (including phenoxy) is 2. The number of nitrogens with zero attached hydrogens (tertiary/aromatic N) is 1. The third-order valence-corrected chi connectivity index (χ3v) is 7.40. The largest absolute Gasteiger partial charge is 0.496 e. The van der Waals surface area contributed by atoms with Gasteiger partial charge in [0.25, 0.3) is 15.9 Å². The zero-order valence-corrected chi connectivity index (χ0v) is 19.9. The molecule has 0 spiro atoms. The molecule has 0 bridgehead atoms. The predicted octanol–water partition coefficient (Wildman–Crippen LogP) is 2.95. The number of carbonyl (C=O) groups is 2. The van der Waals surface area contributed by atoms with Crippen LogP contribution in [0.4, 0.5) is 11.4 Å². The van der Waals surface area contributed by atoms with E-state index >= 15 is 0 Å². The number of hydrogen-bond acceptors (Lipinski definition) is 6. The van der Waals surface area contributed by atoms with E-state index in [1.165, 1.54) is 29.6 Å². The van der Waals surface area contributed by atoms with Gasteiger partial charge < -0.3 is 20.5 Å². The smallest absolute Gasteiger partial charge is 0.264 e. The van der Waals surface area contributed by atoms with E-state index in [1.54, 1.807) is 36.4 Å². The summed E-state index contributed by atoms with van der Waals surface area (Å²) in [6, 6.07) is 18.2. The molecule has 1 aliphatic rings. The number of hydrogen-bond donors (Lipinski definition) is 2. The van der Waals surface area contributed by atoms with Gasteiger partial charge in [-0.3, -0.25) is 13.9 Å². The molecule has 0 fully saturated rings. The maximum Gasteiger partial charge on any atom is 0.264 e. The summed E-state index contributed by atoms with van der Waals surface area (Å²) >= 11 is 0. The molecular formula is C25H25N3O6S. The number of fused-ring (bicyclic) bond motifs is 1. The molecule has 0 radical (unpaired) electrons. The van der Waals surface area contributed by atoms with Crippen LogP contribution in [0, 0.1) is 0 Å². The quantitative estimate of drug-likeness (QED) is 0.470. The van der Waals surface area contributed by atoms with Crippen LogP contribution in [-0.2, 0) is 21.2 Å². The molecule has 1 aliphatic heterocycles. The van der Waals surface area contributed by atoms with E-state index in [0.29, 0.717) is 30.1 Å². The fourth-order valence-corrected chi connectivity index (χ4v) is 5.39. The summed E-state index contributed by atoms with van der Waals surface area (Å²) in [5.74, 6) is -0.518. The summed E-state index contributed by atoms with van der Waals surface area (Å²) in [4.78, 5) is 24.2. The molecule has 182 valence electrons. The molecule has 0 saturated heterocycles. The van der Waals surface area contributed by atoms with Gasteiger partial charge in [-0.05, 0) is 48.4 Å². The van der Waals surface area contributed by atoms with Gasteiger partial charge in [0.05, 0.1) is 42.0 Å². The Labute approximate surface area is 203 Å². The van der Waals surface area contributed by atoms with Crippen molar-refractivity contribution in [2.45, 2.75) is 17.7 Å². The fraction of sp³-hybridized carbons (Fsp3) is 0.200. The van der Waals surface area contributed by atoms with Crippen molar-refractivity contribution < 1.29 is 27.5 Å². The SMILES string of the molecule is COc1ccc(S(=O)(=O)N2CCc3ccccc32)cc1C(=O)Nc1ccccc1OCCC(N)=O. The maximum atomic E-state index is 13.5. The number of nitrogens with two attached hydrogens (primary N) is 1. The van der Waals surface area contributed by atoms with E-state index in [-0.39, 0.29) is 29.2 Å². The third-order valence-electron chi connectivity index (χ3n) is 5.59. The number of carbonyl (C=O) groups excluding carboxylic acids is 2. The second-order valence-corrected chi connectivity index (χ2v) is 9.70. The highest BCUT2D eigenvalue weighted by molar-refractivity contribution is 7.92. The molecule has 0 aromatic heterocycles. The summed E-state index contributed by atoms with van der Waals surface area (Å²) in [6.45, 7) is 0.377. The highest BCUT2D eigenvalue weighted by Crippen LogP contribution is 2.34. The van der Waals surface area contributed by atoms with Crippen LogP contribution in [0.3, 0.4) is 0 Å². The molecule has 0 aliphatic carbocycles. The molecule has 10 heteroatoms. The third kappa shape index (κ3) is 5.07. The molecule has 1 heterocycles. The molecule has 9 nitrogen and oxygen atoms in total. The molecule has 0 unspecified atom stereocenters. The first-order valence-corrected chi connectivity index (χ1v) is 12.4. The Balaban J connectivity index is 1.62. The van der Waals surface area contributed by atoms with Gasteiger partial charge in [0.2, 0.25) is 5.91 Å². The van der Waals surface area contributed by atoms with E-state index in [4.69, 9.17) is 15.2 Å². The van der Waals surface area contributed by atoms with Gasteiger partial charge >= 0.3 is 0 Å². The number of sulfonamides is 1. The summed E-state index contributed by atoms with van der Waals surface area (Å²) < 4.78 is 39.2. The Kier molecular flexibility index (Phi) is 6.92. The van der Waals surface area contributed by atoms with Gasteiger partial charge in [0, 0.05) is 6.54 Å². The monoisotopic (exact) mass is 495 g/mol. The van der Waals surface area contributed by atoms with Crippen LogP contribution in [-0.4, -0.2) is 40.5 Å². The topological polar surface area (TPSA) is 128 Å². The Morgan fingerprint density at radius 2 is 1.77 bits per heavy atom. The first kappa shape index (κ1) is 24.1. The number of para-hydroxylation sites is 3. The van der Waals surface area contributed by atoms with Crippen LogP contribution in [0.1, 0.15) is 22.3 Å². The van der Waals surface area contributed by atoms with Gasteiger partial charge in [-0.1, -0.05) is 30.3 Å². The predicted molar refractivity (Wildman–Crippen MR) is 131 cm³/mol. The highest BCUT2D eigenvalue weighted by atomic mass is 32.2. The number of amides is 2. The highest BCUT2D eigenvalue weighted by Gasteiger charge is 2.31. The lowest BCUT2D eigenvalue weighted by Crippen LogP contribution is -2.29. The van der Waals surface area contributed by atoms with Gasteiger partial charge in [-0.2, -0.15) is 0 Å². The Morgan fingerprint density at radius 3 is 2.54 bits per heavy atom. The molecule has 0 atom stereocenters. The molecule has 35 heavy (non-hydrogen) atoms. The van der Waals surface area contributed by atoms with Crippen molar-refractivity contribution in [2.75, 3.05) is 29.9 Å². The van der Waals surface area contributed by atoms with Crippen molar-refractivity contribution in [3.05, 3.63) is 77.9 Å². The van der Waals surface area contributed by atoms with Gasteiger partial charge in [-0.25, -0.2) is 8.42 Å². The number of primary amides is 1. The molecule has 4 rings (SSSR count). The van der Waals surface area contributed by atoms with Crippen molar-refractivity contribution in [3.8, 4) is 11.5 Å². The number of rotatable bonds is 9.